The number of hydrogen-bond donors (Lipinski definition) is 1. The topological polar surface area (TPSA) is 49.4 Å². The van der Waals surface area contributed by atoms with Crippen LogP contribution in [0.25, 0.3) is 0 Å². The van der Waals surface area contributed by atoms with Crippen molar-refractivity contribution < 1.29 is 8.42 Å². The quantitative estimate of drug-likeness (QED) is 0.725. The molecule has 0 amide bonds. The molecule has 1 unspecified atom stereocenters. The van der Waals surface area contributed by atoms with Gasteiger partial charge in [-0.3, -0.25) is 0 Å². The van der Waals surface area contributed by atoms with Crippen LogP contribution in [0, 0.1) is 11.8 Å². The second-order valence-electron chi connectivity index (χ2n) is 5.46. The zero-order valence-electron chi connectivity index (χ0n) is 11.4. The molecule has 1 heterocycles. The molecule has 0 aromatic carbocycles. The Kier molecular flexibility index (Phi) is 6.92. The molecule has 0 aliphatic carbocycles. The van der Waals surface area contributed by atoms with Crippen molar-refractivity contribution in [3.05, 3.63) is 0 Å². The zero-order chi connectivity index (χ0) is 13.6. The Labute approximate surface area is 116 Å². The molecular formula is C12H25ClN2O2S. The summed E-state index contributed by atoms with van der Waals surface area (Å²) < 4.78 is 26.1. The highest BCUT2D eigenvalue weighted by atomic mass is 35.5. The molecule has 1 atom stereocenters. The van der Waals surface area contributed by atoms with Gasteiger partial charge in [0.25, 0.3) is 0 Å². The minimum Gasteiger partial charge on any atom is -0.302 e. The molecule has 4 nitrogen and oxygen atoms in total. The van der Waals surface area contributed by atoms with E-state index in [0.29, 0.717) is 12.4 Å². The van der Waals surface area contributed by atoms with Crippen molar-refractivity contribution in [1.29, 1.82) is 0 Å². The summed E-state index contributed by atoms with van der Waals surface area (Å²) in [5.41, 5.74) is 0. The zero-order valence-corrected chi connectivity index (χ0v) is 12.9. The van der Waals surface area contributed by atoms with Crippen molar-refractivity contribution in [1.82, 2.24) is 9.62 Å². The molecule has 0 saturated carbocycles. The van der Waals surface area contributed by atoms with Crippen molar-refractivity contribution in [2.45, 2.75) is 26.7 Å². The molecule has 0 spiro atoms. The van der Waals surface area contributed by atoms with E-state index in [9.17, 15) is 8.42 Å². The van der Waals surface area contributed by atoms with Crippen molar-refractivity contribution in [2.24, 2.45) is 11.8 Å². The van der Waals surface area contributed by atoms with Crippen molar-refractivity contribution in [3.8, 4) is 0 Å². The van der Waals surface area contributed by atoms with Gasteiger partial charge in [0.2, 0.25) is 10.0 Å². The Hall–Kier alpha value is 0.160. The van der Waals surface area contributed by atoms with Gasteiger partial charge in [-0.05, 0) is 37.8 Å². The number of alkyl halides is 1. The molecule has 0 aromatic rings. The van der Waals surface area contributed by atoms with Gasteiger partial charge in [-0.25, -0.2) is 13.1 Å². The second-order valence-corrected chi connectivity index (χ2v) is 7.62. The molecule has 18 heavy (non-hydrogen) atoms. The van der Waals surface area contributed by atoms with Crippen LogP contribution in [0.1, 0.15) is 26.7 Å². The molecule has 0 bridgehead atoms. The predicted octanol–water partition coefficient (Wildman–Crippen LogP) is 1.51. The summed E-state index contributed by atoms with van der Waals surface area (Å²) in [6.45, 7) is 7.60. The summed E-state index contributed by atoms with van der Waals surface area (Å²) in [4.78, 5) is 2.33. The molecule has 1 aliphatic heterocycles. The summed E-state index contributed by atoms with van der Waals surface area (Å²) in [5.74, 6) is 1.31. The van der Waals surface area contributed by atoms with Crippen LogP contribution in [-0.4, -0.2) is 51.1 Å². The van der Waals surface area contributed by atoms with E-state index in [1.54, 1.807) is 0 Å². The molecule has 0 aromatic heterocycles. The van der Waals surface area contributed by atoms with Gasteiger partial charge < -0.3 is 4.90 Å². The standard InChI is InChI=1S/C12H25ClN2O2S/c1-11-3-6-15(7-4-11)8-5-14-18(16,17)10-12(2)9-13/h11-12,14H,3-10H2,1-2H3. The van der Waals surface area contributed by atoms with Gasteiger partial charge in [-0.15, -0.1) is 11.6 Å². The van der Waals surface area contributed by atoms with Crippen molar-refractivity contribution >= 4 is 21.6 Å². The number of likely N-dealkylation sites (tertiary alicyclic amines) is 1. The van der Waals surface area contributed by atoms with Gasteiger partial charge in [0.1, 0.15) is 0 Å². The lowest BCUT2D eigenvalue weighted by molar-refractivity contribution is 0.195. The van der Waals surface area contributed by atoms with Crippen LogP contribution in [0.15, 0.2) is 0 Å². The Morgan fingerprint density at radius 3 is 2.56 bits per heavy atom. The normalized spacial score (nSPS) is 21.1. The first kappa shape index (κ1) is 16.2. The Bertz CT molecular complexity index is 327. The molecule has 0 radical (unpaired) electrons. The highest BCUT2D eigenvalue weighted by molar-refractivity contribution is 7.89. The van der Waals surface area contributed by atoms with E-state index < -0.39 is 10.0 Å². The third kappa shape index (κ3) is 6.36. The van der Waals surface area contributed by atoms with Gasteiger partial charge >= 0.3 is 0 Å². The average molecular weight is 297 g/mol. The maximum absolute atomic E-state index is 11.7. The summed E-state index contributed by atoms with van der Waals surface area (Å²) in [7, 11) is -3.17. The smallest absolute Gasteiger partial charge is 0.211 e. The first-order valence-electron chi connectivity index (χ1n) is 6.68. The number of nitrogens with one attached hydrogen (secondary N) is 1. The Balaban J connectivity index is 2.20. The van der Waals surface area contributed by atoms with Gasteiger partial charge in [0.05, 0.1) is 5.75 Å². The van der Waals surface area contributed by atoms with Crippen LogP contribution in [-0.2, 0) is 10.0 Å². The van der Waals surface area contributed by atoms with Gasteiger partial charge in [-0.2, -0.15) is 0 Å². The Morgan fingerprint density at radius 2 is 2.00 bits per heavy atom. The lowest BCUT2D eigenvalue weighted by Gasteiger charge is -2.30. The van der Waals surface area contributed by atoms with Gasteiger partial charge in [0, 0.05) is 19.0 Å². The number of rotatable bonds is 7. The fourth-order valence-corrected chi connectivity index (χ4v) is 3.75. The lowest BCUT2D eigenvalue weighted by Crippen LogP contribution is -2.40. The van der Waals surface area contributed by atoms with Crippen molar-refractivity contribution in [3.63, 3.8) is 0 Å². The van der Waals surface area contributed by atoms with E-state index >= 15 is 0 Å². The van der Waals surface area contributed by atoms with Crippen LogP contribution in [0.4, 0.5) is 0 Å². The monoisotopic (exact) mass is 296 g/mol. The molecule has 1 rings (SSSR count). The molecule has 6 heteroatoms. The first-order valence-corrected chi connectivity index (χ1v) is 8.87. The Morgan fingerprint density at radius 1 is 1.39 bits per heavy atom. The summed E-state index contributed by atoms with van der Waals surface area (Å²) in [6.07, 6.45) is 2.44. The van der Waals surface area contributed by atoms with Crippen LogP contribution >= 0.6 is 11.6 Å². The highest BCUT2D eigenvalue weighted by Gasteiger charge is 2.17. The fourth-order valence-electron chi connectivity index (χ4n) is 2.12. The van der Waals surface area contributed by atoms with E-state index in [1.807, 2.05) is 6.92 Å². The average Bonchev–Trinajstić information content (AvgIpc) is 2.31. The molecule has 108 valence electrons. The van der Waals surface area contributed by atoms with Crippen molar-refractivity contribution in [2.75, 3.05) is 37.8 Å². The van der Waals surface area contributed by atoms with E-state index in [-0.39, 0.29) is 11.7 Å². The summed E-state index contributed by atoms with van der Waals surface area (Å²) >= 11 is 5.63. The van der Waals surface area contributed by atoms with Crippen LogP contribution in [0.2, 0.25) is 0 Å². The molecule has 1 aliphatic rings. The van der Waals surface area contributed by atoms with Gasteiger partial charge in [-0.1, -0.05) is 13.8 Å². The van der Waals surface area contributed by atoms with E-state index in [2.05, 4.69) is 16.5 Å². The first-order chi connectivity index (χ1) is 8.43. The van der Waals surface area contributed by atoms with Crippen LogP contribution < -0.4 is 4.72 Å². The number of sulfonamides is 1. The largest absolute Gasteiger partial charge is 0.302 e. The molecule has 1 fully saturated rings. The minimum atomic E-state index is -3.17. The summed E-state index contributed by atoms with van der Waals surface area (Å²) in [5, 5.41) is 0. The highest BCUT2D eigenvalue weighted by Crippen LogP contribution is 2.15. The van der Waals surface area contributed by atoms with E-state index in [0.717, 1.165) is 25.6 Å². The third-order valence-corrected chi connectivity index (χ3v) is 5.57. The second kappa shape index (κ2) is 7.68. The number of piperidine rings is 1. The molecular weight excluding hydrogens is 272 g/mol. The van der Waals surface area contributed by atoms with E-state index in [1.165, 1.54) is 12.8 Å². The van der Waals surface area contributed by atoms with E-state index in [4.69, 9.17) is 11.6 Å². The van der Waals surface area contributed by atoms with Crippen LogP contribution in [0.5, 0.6) is 0 Å². The maximum Gasteiger partial charge on any atom is 0.211 e. The lowest BCUT2D eigenvalue weighted by atomic mass is 9.99. The SMILES string of the molecule is CC1CCN(CCNS(=O)(=O)CC(C)CCl)CC1. The van der Waals surface area contributed by atoms with Crippen LogP contribution in [0.3, 0.4) is 0 Å². The number of halogens is 1. The predicted molar refractivity (Wildman–Crippen MR) is 76.5 cm³/mol. The fraction of sp³-hybridized carbons (Fsp3) is 1.00. The van der Waals surface area contributed by atoms with Gasteiger partial charge in [0.15, 0.2) is 0 Å². The minimum absolute atomic E-state index is 0.00000271. The maximum atomic E-state index is 11.7. The third-order valence-electron chi connectivity index (χ3n) is 3.39. The summed E-state index contributed by atoms with van der Waals surface area (Å²) in [6, 6.07) is 0. The number of hydrogen-bond acceptors (Lipinski definition) is 3. The number of nitrogens with zero attached hydrogens (tertiary/aromatic N) is 1. The molecule has 1 saturated heterocycles. The molecule has 1 N–H and O–H groups in total.